The number of nitrogens with zero attached hydrogens (tertiary/aromatic N) is 3. The van der Waals surface area contributed by atoms with Crippen LogP contribution in [0.2, 0.25) is 0 Å². The van der Waals surface area contributed by atoms with E-state index in [1.807, 2.05) is 0 Å². The van der Waals surface area contributed by atoms with Gasteiger partial charge < -0.3 is 9.84 Å². The summed E-state index contributed by atoms with van der Waals surface area (Å²) in [7, 11) is -2.84. The van der Waals surface area contributed by atoms with Gasteiger partial charge in [-0.1, -0.05) is 19.3 Å². The molecule has 0 aromatic heterocycles. The van der Waals surface area contributed by atoms with E-state index in [-0.39, 0.29) is 18.5 Å². The zero-order valence-corrected chi connectivity index (χ0v) is 19.7. The van der Waals surface area contributed by atoms with Crippen molar-refractivity contribution in [2.45, 2.75) is 44.6 Å². The monoisotopic (exact) mass is 493 g/mol. The number of nitroso groups, excluding NO2 is 1. The molecule has 2 rings (SSSR count). The lowest BCUT2D eigenvalue weighted by Gasteiger charge is -2.33. The van der Waals surface area contributed by atoms with Gasteiger partial charge in [-0.05, 0) is 19.3 Å². The Morgan fingerprint density at radius 2 is 1.69 bits per heavy atom. The Hall–Kier alpha value is -0.150. The van der Waals surface area contributed by atoms with Crippen LogP contribution in [0.25, 0.3) is 0 Å². The largest absolute Gasteiger partial charge is 0.343 e. The summed E-state index contributed by atoms with van der Waals surface area (Å²) < 4.78 is 19.2. The van der Waals surface area contributed by atoms with Crippen LogP contribution in [-0.2, 0) is 9.09 Å². The van der Waals surface area contributed by atoms with Crippen molar-refractivity contribution in [1.29, 1.82) is 0 Å². The van der Waals surface area contributed by atoms with Crippen molar-refractivity contribution >= 4 is 48.5 Å². The van der Waals surface area contributed by atoms with Crippen LogP contribution in [0.1, 0.15) is 38.5 Å². The van der Waals surface area contributed by atoms with Gasteiger partial charge >= 0.3 is 13.7 Å². The number of amides is 2. The van der Waals surface area contributed by atoms with Gasteiger partial charge in [0.15, 0.2) is 0 Å². The van der Waals surface area contributed by atoms with Gasteiger partial charge in [-0.15, -0.1) is 39.7 Å². The number of halogens is 3. The van der Waals surface area contributed by atoms with Crippen LogP contribution < -0.4 is 10.4 Å². The number of urea groups is 1. The Kier molecular flexibility index (Phi) is 14.5. The highest BCUT2D eigenvalue weighted by Crippen LogP contribution is 2.48. The quantitative estimate of drug-likeness (QED) is 0.216. The third-order valence-electron chi connectivity index (χ3n) is 4.52. The fraction of sp³-hybridized carbons (Fsp3) is 0.938. The summed E-state index contributed by atoms with van der Waals surface area (Å²) in [5.74, 6) is 1.06. The van der Waals surface area contributed by atoms with Crippen LogP contribution in [0.4, 0.5) is 4.79 Å². The van der Waals surface area contributed by atoms with Crippen molar-refractivity contribution in [3.05, 3.63) is 4.91 Å². The number of rotatable bonds is 9. The first-order valence-electron chi connectivity index (χ1n) is 9.85. The van der Waals surface area contributed by atoms with Gasteiger partial charge in [-0.25, -0.2) is 14.6 Å². The SMILES string of the molecule is O=NN(CCCl)C(=O)NC1CCCCC1.O=P1(N(CCCl)CCCl)NCCCO1. The standard InChI is InChI=1S/C9H16ClN3O2.C7H15Cl2N2O2P/c10-6-7-13(12-15)9(14)11-8-4-2-1-3-5-8;8-2-5-11(6-3-9)14(12)10-4-1-7-13-14/h8H,1-7H2,(H,11,14);1-7H2,(H,10,12). The van der Waals surface area contributed by atoms with Crippen LogP contribution in [0.5, 0.6) is 0 Å². The van der Waals surface area contributed by atoms with Gasteiger partial charge in [0.2, 0.25) is 0 Å². The average molecular weight is 495 g/mol. The van der Waals surface area contributed by atoms with Gasteiger partial charge in [-0.2, -0.15) is 5.01 Å². The molecule has 1 saturated carbocycles. The summed E-state index contributed by atoms with van der Waals surface area (Å²) in [5, 5.41) is 9.16. The molecular formula is C16H31Cl3N5O4P. The Bertz CT molecular complexity index is 513. The summed E-state index contributed by atoms with van der Waals surface area (Å²) in [4.78, 5) is 21.8. The molecule has 0 bridgehead atoms. The third kappa shape index (κ3) is 10.1. The van der Waals surface area contributed by atoms with Gasteiger partial charge in [-0.3, -0.25) is 4.57 Å². The van der Waals surface area contributed by atoms with E-state index in [4.69, 9.17) is 39.3 Å². The first-order chi connectivity index (χ1) is 14.0. The van der Waals surface area contributed by atoms with Crippen molar-refractivity contribution < 1.29 is 13.9 Å². The van der Waals surface area contributed by atoms with Crippen LogP contribution >= 0.6 is 42.5 Å². The number of alkyl halides is 3. The number of nitrogens with one attached hydrogen (secondary N) is 2. The first kappa shape index (κ1) is 26.9. The minimum absolute atomic E-state index is 0.156. The molecule has 0 spiro atoms. The second-order valence-corrected chi connectivity index (χ2v) is 9.94. The zero-order valence-electron chi connectivity index (χ0n) is 16.5. The number of carbonyl (C=O) groups excluding carboxylic acids is 1. The number of carbonyl (C=O) groups is 1. The molecule has 1 aliphatic heterocycles. The minimum atomic E-state index is -2.84. The summed E-state index contributed by atoms with van der Waals surface area (Å²) >= 11 is 16.7. The topological polar surface area (TPSA) is 103 Å². The molecule has 2 N–H and O–H groups in total. The number of hydrogen-bond acceptors (Lipinski definition) is 5. The molecule has 1 unspecified atom stereocenters. The van der Waals surface area contributed by atoms with E-state index < -0.39 is 13.7 Å². The molecule has 2 fully saturated rings. The molecule has 0 aromatic rings. The van der Waals surface area contributed by atoms with Gasteiger partial charge in [0.05, 0.1) is 18.4 Å². The first-order valence-corrected chi connectivity index (χ1v) is 13.0. The Balaban J connectivity index is 0.000000291. The van der Waals surface area contributed by atoms with Gasteiger partial charge in [0.25, 0.3) is 0 Å². The lowest BCUT2D eigenvalue weighted by molar-refractivity contribution is 0.194. The average Bonchev–Trinajstić information content (AvgIpc) is 2.73. The van der Waals surface area contributed by atoms with Crippen molar-refractivity contribution in [2.24, 2.45) is 5.29 Å². The Labute approximate surface area is 187 Å². The molecule has 0 radical (unpaired) electrons. The Morgan fingerprint density at radius 1 is 1.07 bits per heavy atom. The maximum Gasteiger partial charge on any atom is 0.343 e. The van der Waals surface area contributed by atoms with E-state index >= 15 is 0 Å². The minimum Gasteiger partial charge on any atom is -0.334 e. The van der Waals surface area contributed by atoms with Gasteiger partial charge in [0, 0.05) is 43.3 Å². The zero-order chi connectivity index (χ0) is 21.5. The highest BCUT2D eigenvalue weighted by atomic mass is 35.5. The van der Waals surface area contributed by atoms with Crippen molar-refractivity contribution in [1.82, 2.24) is 20.1 Å². The normalized spacial score (nSPS) is 22.5. The van der Waals surface area contributed by atoms with E-state index in [9.17, 15) is 14.3 Å². The smallest absolute Gasteiger partial charge is 0.334 e. The maximum atomic E-state index is 12.2. The molecule has 2 aliphatic rings. The maximum absolute atomic E-state index is 12.2. The molecule has 2 amide bonds. The van der Waals surface area contributed by atoms with Crippen LogP contribution in [-0.4, -0.2) is 72.2 Å². The van der Waals surface area contributed by atoms with E-state index in [2.05, 4.69) is 15.7 Å². The van der Waals surface area contributed by atoms with Crippen LogP contribution in [0, 0.1) is 4.91 Å². The fourth-order valence-electron chi connectivity index (χ4n) is 3.03. The molecule has 1 atom stereocenters. The molecule has 1 aliphatic carbocycles. The molecule has 9 nitrogen and oxygen atoms in total. The summed E-state index contributed by atoms with van der Waals surface area (Å²) in [6.45, 7) is 2.46. The lowest BCUT2D eigenvalue weighted by Crippen LogP contribution is -2.43. The Morgan fingerprint density at radius 3 is 2.17 bits per heavy atom. The van der Waals surface area contributed by atoms with E-state index in [0.29, 0.717) is 31.5 Å². The predicted octanol–water partition coefficient (Wildman–Crippen LogP) is 4.13. The van der Waals surface area contributed by atoms with Crippen molar-refractivity contribution in [2.75, 3.05) is 50.4 Å². The van der Waals surface area contributed by atoms with Crippen LogP contribution in [0.3, 0.4) is 0 Å². The van der Waals surface area contributed by atoms with Crippen molar-refractivity contribution in [3.8, 4) is 0 Å². The highest BCUT2D eigenvalue weighted by Gasteiger charge is 2.32. The summed E-state index contributed by atoms with van der Waals surface area (Å²) in [6.07, 6.45) is 6.35. The molecule has 29 heavy (non-hydrogen) atoms. The predicted molar refractivity (Wildman–Crippen MR) is 118 cm³/mol. The van der Waals surface area contributed by atoms with E-state index in [1.165, 1.54) is 6.42 Å². The molecule has 13 heteroatoms. The molecular weight excluding hydrogens is 464 g/mol. The molecule has 170 valence electrons. The van der Waals surface area contributed by atoms with E-state index in [0.717, 1.165) is 43.7 Å². The third-order valence-corrected chi connectivity index (χ3v) is 7.33. The van der Waals surface area contributed by atoms with Crippen molar-refractivity contribution in [3.63, 3.8) is 0 Å². The summed E-state index contributed by atoms with van der Waals surface area (Å²) in [5.41, 5.74) is 0. The molecule has 1 heterocycles. The lowest BCUT2D eigenvalue weighted by atomic mass is 9.96. The van der Waals surface area contributed by atoms with Crippen LogP contribution in [0.15, 0.2) is 5.29 Å². The highest BCUT2D eigenvalue weighted by molar-refractivity contribution is 7.54. The second-order valence-electron chi connectivity index (χ2n) is 6.63. The number of hydrogen-bond donors (Lipinski definition) is 2. The van der Waals surface area contributed by atoms with E-state index in [1.54, 1.807) is 4.67 Å². The summed E-state index contributed by atoms with van der Waals surface area (Å²) in [6, 6.07) is -0.247. The molecule has 0 aromatic carbocycles. The van der Waals surface area contributed by atoms with Gasteiger partial charge in [0.1, 0.15) is 0 Å². The molecule has 1 saturated heterocycles. The fourth-order valence-corrected chi connectivity index (χ4v) is 5.84. The second kappa shape index (κ2) is 15.6.